The number of Topliss-reactive ketones (excluding diaryl/α,β-unsaturated/α-hetero) is 1. The van der Waals surface area contributed by atoms with Gasteiger partial charge in [0.15, 0.2) is 0 Å². The fraction of sp³-hybridized carbons (Fsp3) is 0.269. The Balaban J connectivity index is 1.71. The number of aromatic nitrogens is 2. The standard InChI is InChI=1S/C26H27N3O5/c1-3-34-21-11-5-18(6-12-21)23-22(24(30)19-7-9-20(33-2)10-8-19)25(31)26(32)29(23)15-4-14-28-16-13-27-17-28/h5-13,16-17,23,30H,3-4,14-15H2,1-2H3. The van der Waals surface area contributed by atoms with Gasteiger partial charge in [0.25, 0.3) is 11.7 Å². The average Bonchev–Trinajstić information content (AvgIpc) is 3.47. The molecule has 0 spiro atoms. The number of hydrogen-bond acceptors (Lipinski definition) is 6. The number of methoxy groups -OCH3 is 1. The number of rotatable bonds is 9. The van der Waals surface area contributed by atoms with E-state index in [0.29, 0.717) is 43.2 Å². The number of amides is 1. The molecule has 1 saturated heterocycles. The van der Waals surface area contributed by atoms with E-state index in [4.69, 9.17) is 9.47 Å². The Morgan fingerprint density at radius 3 is 2.35 bits per heavy atom. The molecule has 1 atom stereocenters. The van der Waals surface area contributed by atoms with Crippen molar-refractivity contribution in [2.45, 2.75) is 25.9 Å². The van der Waals surface area contributed by atoms with Crippen LogP contribution in [0.3, 0.4) is 0 Å². The minimum Gasteiger partial charge on any atom is -0.507 e. The van der Waals surface area contributed by atoms with Crippen LogP contribution in [0.4, 0.5) is 0 Å². The van der Waals surface area contributed by atoms with E-state index in [0.717, 1.165) is 5.56 Å². The molecule has 0 bridgehead atoms. The molecule has 4 rings (SSSR count). The lowest BCUT2D eigenvalue weighted by Gasteiger charge is -2.25. The zero-order valence-corrected chi connectivity index (χ0v) is 19.2. The summed E-state index contributed by atoms with van der Waals surface area (Å²) in [6.07, 6.45) is 5.88. The molecule has 1 aromatic heterocycles. The summed E-state index contributed by atoms with van der Waals surface area (Å²) in [5, 5.41) is 11.1. The fourth-order valence-corrected chi connectivity index (χ4v) is 4.12. The molecular weight excluding hydrogens is 434 g/mol. The van der Waals surface area contributed by atoms with E-state index in [-0.39, 0.29) is 11.3 Å². The van der Waals surface area contributed by atoms with Crippen LogP contribution >= 0.6 is 0 Å². The molecule has 0 radical (unpaired) electrons. The lowest BCUT2D eigenvalue weighted by molar-refractivity contribution is -0.139. The van der Waals surface area contributed by atoms with Crippen molar-refractivity contribution in [1.82, 2.24) is 14.5 Å². The van der Waals surface area contributed by atoms with Gasteiger partial charge in [0.05, 0.1) is 31.7 Å². The third kappa shape index (κ3) is 4.66. The summed E-state index contributed by atoms with van der Waals surface area (Å²) in [5.74, 6) is -0.218. The summed E-state index contributed by atoms with van der Waals surface area (Å²) in [4.78, 5) is 31.8. The average molecular weight is 462 g/mol. The molecule has 1 amide bonds. The molecule has 2 heterocycles. The molecule has 1 unspecified atom stereocenters. The van der Waals surface area contributed by atoms with E-state index in [2.05, 4.69) is 4.98 Å². The Morgan fingerprint density at radius 2 is 1.74 bits per heavy atom. The Labute approximate surface area is 198 Å². The number of benzene rings is 2. The predicted octanol–water partition coefficient (Wildman–Crippen LogP) is 3.80. The second kappa shape index (κ2) is 10.2. The molecule has 1 aliphatic heterocycles. The molecule has 3 aromatic rings. The van der Waals surface area contributed by atoms with Crippen molar-refractivity contribution < 1.29 is 24.2 Å². The SMILES string of the molecule is CCOc1ccc(C2C(=C(O)c3ccc(OC)cc3)C(=O)C(=O)N2CCCn2ccnc2)cc1. The van der Waals surface area contributed by atoms with Gasteiger partial charge >= 0.3 is 0 Å². The monoisotopic (exact) mass is 461 g/mol. The lowest BCUT2D eigenvalue weighted by Crippen LogP contribution is -2.31. The predicted molar refractivity (Wildman–Crippen MR) is 126 cm³/mol. The van der Waals surface area contributed by atoms with E-state index < -0.39 is 17.7 Å². The van der Waals surface area contributed by atoms with E-state index in [1.54, 1.807) is 56.0 Å². The summed E-state index contributed by atoms with van der Waals surface area (Å²) in [6, 6.07) is 13.3. The molecule has 0 aliphatic carbocycles. The third-order valence-corrected chi connectivity index (χ3v) is 5.78. The van der Waals surface area contributed by atoms with E-state index in [9.17, 15) is 14.7 Å². The van der Waals surface area contributed by atoms with E-state index in [1.807, 2.05) is 29.8 Å². The molecule has 8 nitrogen and oxygen atoms in total. The minimum absolute atomic E-state index is 0.0713. The van der Waals surface area contributed by atoms with Gasteiger partial charge in [-0.1, -0.05) is 12.1 Å². The van der Waals surface area contributed by atoms with Crippen LogP contribution in [0, 0.1) is 0 Å². The second-order valence-corrected chi connectivity index (χ2v) is 7.88. The van der Waals surface area contributed by atoms with Gasteiger partial charge in [-0.25, -0.2) is 4.98 Å². The maximum Gasteiger partial charge on any atom is 0.295 e. The first-order valence-electron chi connectivity index (χ1n) is 11.1. The van der Waals surface area contributed by atoms with Crippen LogP contribution in [-0.4, -0.2) is 51.5 Å². The second-order valence-electron chi connectivity index (χ2n) is 7.88. The van der Waals surface area contributed by atoms with Crippen molar-refractivity contribution in [3.05, 3.63) is 84.0 Å². The maximum atomic E-state index is 13.1. The Bertz CT molecular complexity index is 1170. The van der Waals surface area contributed by atoms with Crippen LogP contribution in [0.25, 0.3) is 5.76 Å². The summed E-state index contributed by atoms with van der Waals surface area (Å²) < 4.78 is 12.6. The topological polar surface area (TPSA) is 93.9 Å². The highest BCUT2D eigenvalue weighted by atomic mass is 16.5. The summed E-state index contributed by atoms with van der Waals surface area (Å²) in [6.45, 7) is 3.43. The first-order valence-corrected chi connectivity index (χ1v) is 11.1. The van der Waals surface area contributed by atoms with E-state index in [1.165, 1.54) is 4.90 Å². The Morgan fingerprint density at radius 1 is 1.03 bits per heavy atom. The van der Waals surface area contributed by atoms with Crippen LogP contribution in [0.5, 0.6) is 11.5 Å². The van der Waals surface area contributed by atoms with Gasteiger partial charge in [-0.15, -0.1) is 0 Å². The van der Waals surface area contributed by atoms with Crippen molar-refractivity contribution in [2.75, 3.05) is 20.3 Å². The van der Waals surface area contributed by atoms with Crippen LogP contribution in [0.2, 0.25) is 0 Å². The van der Waals surface area contributed by atoms with Crippen molar-refractivity contribution in [1.29, 1.82) is 0 Å². The molecule has 34 heavy (non-hydrogen) atoms. The zero-order chi connectivity index (χ0) is 24.1. The maximum absolute atomic E-state index is 13.1. The first kappa shape index (κ1) is 23.1. The van der Waals surface area contributed by atoms with Crippen molar-refractivity contribution >= 4 is 17.4 Å². The van der Waals surface area contributed by atoms with Gasteiger partial charge in [-0.05, 0) is 55.3 Å². The highest BCUT2D eigenvalue weighted by Gasteiger charge is 2.45. The van der Waals surface area contributed by atoms with E-state index >= 15 is 0 Å². The smallest absolute Gasteiger partial charge is 0.295 e. The summed E-state index contributed by atoms with van der Waals surface area (Å²) in [7, 11) is 1.55. The fourth-order valence-electron chi connectivity index (χ4n) is 4.12. The minimum atomic E-state index is -0.708. The largest absolute Gasteiger partial charge is 0.507 e. The van der Waals surface area contributed by atoms with Gasteiger partial charge < -0.3 is 24.0 Å². The first-order chi connectivity index (χ1) is 16.5. The number of aliphatic hydroxyl groups excluding tert-OH is 1. The number of carbonyl (C=O) groups is 2. The highest BCUT2D eigenvalue weighted by molar-refractivity contribution is 6.46. The number of ether oxygens (including phenoxy) is 2. The molecule has 8 heteroatoms. The number of imidazole rings is 1. The molecule has 1 N–H and O–H groups in total. The highest BCUT2D eigenvalue weighted by Crippen LogP contribution is 2.40. The lowest BCUT2D eigenvalue weighted by atomic mass is 9.95. The van der Waals surface area contributed by atoms with Crippen LogP contribution in [0.1, 0.15) is 30.5 Å². The quantitative estimate of drug-likeness (QED) is 0.296. The number of carbonyl (C=O) groups excluding carboxylic acids is 2. The third-order valence-electron chi connectivity index (χ3n) is 5.78. The van der Waals surface area contributed by atoms with Gasteiger partial charge in [-0.2, -0.15) is 0 Å². The number of aliphatic hydroxyl groups is 1. The number of likely N-dealkylation sites (tertiary alicyclic amines) is 1. The Kier molecular flexibility index (Phi) is 6.96. The van der Waals surface area contributed by atoms with Gasteiger partial charge in [0, 0.05) is 31.0 Å². The molecule has 1 fully saturated rings. The van der Waals surface area contributed by atoms with Crippen molar-refractivity contribution in [3.63, 3.8) is 0 Å². The normalized spacial score (nSPS) is 17.2. The molecule has 176 valence electrons. The number of hydrogen-bond donors (Lipinski definition) is 1. The summed E-state index contributed by atoms with van der Waals surface area (Å²) in [5.41, 5.74) is 1.23. The molecule has 1 aliphatic rings. The zero-order valence-electron chi connectivity index (χ0n) is 19.2. The van der Waals surface area contributed by atoms with Crippen molar-refractivity contribution in [2.24, 2.45) is 0 Å². The van der Waals surface area contributed by atoms with Crippen LogP contribution in [0.15, 0.2) is 72.8 Å². The van der Waals surface area contributed by atoms with Crippen LogP contribution in [-0.2, 0) is 16.1 Å². The number of aryl methyl sites for hydroxylation is 1. The summed E-state index contributed by atoms with van der Waals surface area (Å²) >= 11 is 0. The van der Waals surface area contributed by atoms with Crippen LogP contribution < -0.4 is 9.47 Å². The molecular formula is C26H27N3O5. The number of ketones is 1. The van der Waals surface area contributed by atoms with Gasteiger partial charge in [0.2, 0.25) is 0 Å². The van der Waals surface area contributed by atoms with Gasteiger partial charge in [-0.3, -0.25) is 9.59 Å². The Hall–Kier alpha value is -4.07. The number of nitrogens with zero attached hydrogens (tertiary/aromatic N) is 3. The molecule has 2 aromatic carbocycles. The molecule has 0 saturated carbocycles. The van der Waals surface area contributed by atoms with Gasteiger partial charge in [0.1, 0.15) is 17.3 Å². The van der Waals surface area contributed by atoms with Crippen molar-refractivity contribution in [3.8, 4) is 11.5 Å².